The first kappa shape index (κ1) is 13.8. The molecule has 0 aromatic carbocycles. The summed E-state index contributed by atoms with van der Waals surface area (Å²) in [5, 5.41) is 3.42. The van der Waals surface area contributed by atoms with Gasteiger partial charge in [0.15, 0.2) is 0 Å². The molecule has 18 heavy (non-hydrogen) atoms. The first-order chi connectivity index (χ1) is 8.66. The minimum absolute atomic E-state index is 0.797. The van der Waals surface area contributed by atoms with Gasteiger partial charge >= 0.3 is 0 Å². The molecule has 1 aromatic heterocycles. The third-order valence-electron chi connectivity index (χ3n) is 3.75. The number of hydrogen-bond acceptors (Lipinski definition) is 3. The second kappa shape index (κ2) is 6.53. The molecule has 0 amide bonds. The first-order valence-electron chi connectivity index (χ1n) is 6.73. The van der Waals surface area contributed by atoms with Crippen molar-refractivity contribution < 1.29 is 0 Å². The van der Waals surface area contributed by atoms with E-state index in [-0.39, 0.29) is 0 Å². The molecular weight excluding hydrogens is 290 g/mol. The SMILES string of the molecule is Cc1cc(Br)cnc1NCCN(C)C1CCCC1. The summed E-state index contributed by atoms with van der Waals surface area (Å²) in [7, 11) is 2.24. The Morgan fingerprint density at radius 1 is 1.44 bits per heavy atom. The maximum Gasteiger partial charge on any atom is 0.128 e. The maximum absolute atomic E-state index is 4.40. The highest BCUT2D eigenvalue weighted by molar-refractivity contribution is 9.10. The lowest BCUT2D eigenvalue weighted by Gasteiger charge is -2.24. The predicted octanol–water partition coefficient (Wildman–Crippen LogP) is 3.44. The number of rotatable bonds is 5. The number of likely N-dealkylation sites (N-methyl/N-ethyl adjacent to an activating group) is 1. The zero-order valence-electron chi connectivity index (χ0n) is 11.2. The Balaban J connectivity index is 1.77. The van der Waals surface area contributed by atoms with Gasteiger partial charge in [0.1, 0.15) is 5.82 Å². The van der Waals surface area contributed by atoms with Crippen LogP contribution in [0.25, 0.3) is 0 Å². The summed E-state index contributed by atoms with van der Waals surface area (Å²) >= 11 is 3.43. The van der Waals surface area contributed by atoms with Gasteiger partial charge in [0.05, 0.1) is 0 Å². The second-order valence-corrected chi connectivity index (χ2v) is 6.08. The molecule has 0 atom stereocenters. The van der Waals surface area contributed by atoms with Crippen LogP contribution in [-0.4, -0.2) is 36.1 Å². The lowest BCUT2D eigenvalue weighted by atomic mass is 10.2. The molecule has 1 aliphatic rings. The van der Waals surface area contributed by atoms with Gasteiger partial charge in [-0.3, -0.25) is 0 Å². The van der Waals surface area contributed by atoms with E-state index in [9.17, 15) is 0 Å². The number of anilines is 1. The number of aromatic nitrogens is 1. The lowest BCUT2D eigenvalue weighted by molar-refractivity contribution is 0.254. The van der Waals surface area contributed by atoms with Crippen molar-refractivity contribution in [1.82, 2.24) is 9.88 Å². The van der Waals surface area contributed by atoms with E-state index >= 15 is 0 Å². The van der Waals surface area contributed by atoms with Gasteiger partial charge in [-0.15, -0.1) is 0 Å². The van der Waals surface area contributed by atoms with Crippen LogP contribution >= 0.6 is 15.9 Å². The Bertz CT molecular complexity index is 389. The number of halogens is 1. The van der Waals surface area contributed by atoms with Gasteiger partial charge in [-0.2, -0.15) is 0 Å². The molecule has 1 aromatic rings. The highest BCUT2D eigenvalue weighted by Gasteiger charge is 2.18. The molecule has 2 rings (SSSR count). The van der Waals surface area contributed by atoms with Gasteiger partial charge in [0, 0.05) is 29.8 Å². The van der Waals surface area contributed by atoms with Crippen LogP contribution in [0.3, 0.4) is 0 Å². The van der Waals surface area contributed by atoms with Crippen molar-refractivity contribution in [1.29, 1.82) is 0 Å². The Kier molecular flexibility index (Phi) is 5.01. The van der Waals surface area contributed by atoms with E-state index in [0.717, 1.165) is 29.4 Å². The average Bonchev–Trinajstić information content (AvgIpc) is 2.85. The third-order valence-corrected chi connectivity index (χ3v) is 4.18. The third kappa shape index (κ3) is 3.69. The fourth-order valence-electron chi connectivity index (χ4n) is 2.60. The van der Waals surface area contributed by atoms with E-state index in [2.05, 4.69) is 51.2 Å². The summed E-state index contributed by atoms with van der Waals surface area (Å²) in [5.41, 5.74) is 1.19. The maximum atomic E-state index is 4.40. The number of aryl methyl sites for hydroxylation is 1. The van der Waals surface area contributed by atoms with Gasteiger partial charge in [-0.25, -0.2) is 4.98 Å². The molecule has 0 spiro atoms. The normalized spacial score (nSPS) is 16.4. The molecule has 4 heteroatoms. The Morgan fingerprint density at radius 2 is 2.17 bits per heavy atom. The van der Waals surface area contributed by atoms with Gasteiger partial charge < -0.3 is 10.2 Å². The molecule has 0 aliphatic heterocycles. The van der Waals surface area contributed by atoms with Crippen molar-refractivity contribution in [2.45, 2.75) is 38.6 Å². The van der Waals surface area contributed by atoms with Crippen LogP contribution in [0.2, 0.25) is 0 Å². The highest BCUT2D eigenvalue weighted by atomic mass is 79.9. The summed E-state index contributed by atoms with van der Waals surface area (Å²) in [6.45, 7) is 4.13. The monoisotopic (exact) mass is 311 g/mol. The van der Waals surface area contributed by atoms with Gasteiger partial charge in [-0.05, 0) is 54.4 Å². The van der Waals surface area contributed by atoms with Crippen molar-refractivity contribution in [2.24, 2.45) is 0 Å². The van der Waals surface area contributed by atoms with Crippen molar-refractivity contribution in [3.8, 4) is 0 Å². The fraction of sp³-hybridized carbons (Fsp3) is 0.643. The molecule has 100 valence electrons. The summed E-state index contributed by atoms with van der Waals surface area (Å²) < 4.78 is 1.04. The summed E-state index contributed by atoms with van der Waals surface area (Å²) in [4.78, 5) is 6.88. The smallest absolute Gasteiger partial charge is 0.128 e. The molecule has 0 bridgehead atoms. The Labute approximate surface area is 118 Å². The van der Waals surface area contributed by atoms with E-state index in [1.54, 1.807) is 0 Å². The molecule has 0 radical (unpaired) electrons. The largest absolute Gasteiger partial charge is 0.369 e. The van der Waals surface area contributed by atoms with Gasteiger partial charge in [0.2, 0.25) is 0 Å². The van der Waals surface area contributed by atoms with Gasteiger partial charge in [-0.1, -0.05) is 12.8 Å². The first-order valence-corrected chi connectivity index (χ1v) is 7.52. The van der Waals surface area contributed by atoms with E-state index in [1.165, 1.54) is 31.2 Å². The average molecular weight is 312 g/mol. The van der Waals surface area contributed by atoms with E-state index in [4.69, 9.17) is 0 Å². The Hall–Kier alpha value is -0.610. The summed E-state index contributed by atoms with van der Waals surface area (Å²) in [5.74, 6) is 0.998. The number of nitrogens with zero attached hydrogens (tertiary/aromatic N) is 2. The van der Waals surface area contributed by atoms with Crippen molar-refractivity contribution in [3.63, 3.8) is 0 Å². The summed E-state index contributed by atoms with van der Waals surface area (Å²) in [6, 6.07) is 2.89. The van der Waals surface area contributed by atoms with E-state index in [0.29, 0.717) is 0 Å². The zero-order chi connectivity index (χ0) is 13.0. The molecule has 1 saturated carbocycles. The standard InChI is InChI=1S/C14H22BrN3/c1-11-9-12(15)10-17-14(11)16-7-8-18(2)13-5-3-4-6-13/h9-10,13H,3-8H2,1-2H3,(H,16,17). The molecule has 0 saturated heterocycles. The molecule has 1 fully saturated rings. The van der Waals surface area contributed by atoms with Crippen LogP contribution in [0.4, 0.5) is 5.82 Å². The minimum atomic E-state index is 0.797. The molecule has 1 aliphatic carbocycles. The number of nitrogens with one attached hydrogen (secondary N) is 1. The lowest BCUT2D eigenvalue weighted by Crippen LogP contribution is -2.33. The van der Waals surface area contributed by atoms with Gasteiger partial charge in [0.25, 0.3) is 0 Å². The molecule has 1 heterocycles. The molecule has 0 unspecified atom stereocenters. The second-order valence-electron chi connectivity index (χ2n) is 5.16. The van der Waals surface area contributed by atoms with Crippen LogP contribution in [0, 0.1) is 6.92 Å². The van der Waals surface area contributed by atoms with Crippen molar-refractivity contribution >= 4 is 21.7 Å². The van der Waals surface area contributed by atoms with E-state index < -0.39 is 0 Å². The minimum Gasteiger partial charge on any atom is -0.369 e. The topological polar surface area (TPSA) is 28.2 Å². The van der Waals surface area contributed by atoms with Crippen LogP contribution < -0.4 is 5.32 Å². The molecule has 3 nitrogen and oxygen atoms in total. The zero-order valence-corrected chi connectivity index (χ0v) is 12.8. The Morgan fingerprint density at radius 3 is 2.83 bits per heavy atom. The van der Waals surface area contributed by atoms with E-state index in [1.807, 2.05) is 6.20 Å². The quantitative estimate of drug-likeness (QED) is 0.903. The van der Waals surface area contributed by atoms with Crippen molar-refractivity contribution in [2.75, 3.05) is 25.5 Å². The van der Waals surface area contributed by atoms with Crippen LogP contribution in [0.1, 0.15) is 31.2 Å². The fourth-order valence-corrected chi connectivity index (χ4v) is 3.05. The molecular formula is C14H22BrN3. The number of pyridine rings is 1. The van der Waals surface area contributed by atoms with Crippen molar-refractivity contribution in [3.05, 3.63) is 22.3 Å². The number of hydrogen-bond donors (Lipinski definition) is 1. The summed E-state index contributed by atoms with van der Waals surface area (Å²) in [6.07, 6.45) is 7.37. The molecule has 1 N–H and O–H groups in total. The van der Waals surface area contributed by atoms with Crippen LogP contribution in [0.5, 0.6) is 0 Å². The highest BCUT2D eigenvalue weighted by Crippen LogP contribution is 2.22. The van der Waals surface area contributed by atoms with Crippen LogP contribution in [-0.2, 0) is 0 Å². The van der Waals surface area contributed by atoms with Crippen LogP contribution in [0.15, 0.2) is 16.7 Å². The predicted molar refractivity (Wildman–Crippen MR) is 80.0 cm³/mol.